The summed E-state index contributed by atoms with van der Waals surface area (Å²) in [4.78, 5) is 42.6. The molecule has 3 fully saturated rings. The van der Waals surface area contributed by atoms with Crippen molar-refractivity contribution in [1.82, 2.24) is 20.0 Å². The predicted octanol–water partition coefficient (Wildman–Crippen LogP) is 0.794. The molecule has 3 rings (SSSR count). The molecule has 1 saturated carbocycles. The van der Waals surface area contributed by atoms with Crippen LogP contribution in [-0.4, -0.2) is 77.9 Å². The third kappa shape index (κ3) is 2.79. The number of hydrogen-bond donors (Lipinski definition) is 1. The van der Waals surface area contributed by atoms with Crippen LogP contribution in [0.2, 0.25) is 0 Å². The Labute approximate surface area is 143 Å². The van der Waals surface area contributed by atoms with Crippen molar-refractivity contribution in [3.8, 4) is 0 Å². The minimum atomic E-state index is -0.703. The van der Waals surface area contributed by atoms with Crippen LogP contribution in [0.3, 0.4) is 0 Å². The van der Waals surface area contributed by atoms with Crippen LogP contribution in [0, 0.1) is 0 Å². The van der Waals surface area contributed by atoms with Gasteiger partial charge in [-0.3, -0.25) is 14.5 Å². The van der Waals surface area contributed by atoms with E-state index < -0.39 is 5.54 Å². The van der Waals surface area contributed by atoms with Crippen molar-refractivity contribution in [3.05, 3.63) is 0 Å². The topological polar surface area (TPSA) is 73.0 Å². The first-order valence-electron chi connectivity index (χ1n) is 9.04. The molecular formula is C17H28N4O3. The van der Waals surface area contributed by atoms with Crippen LogP contribution >= 0.6 is 0 Å². The Balaban J connectivity index is 1.69. The second-order valence-electron chi connectivity index (χ2n) is 7.29. The number of hydrogen-bond acceptors (Lipinski definition) is 4. The Morgan fingerprint density at radius 1 is 1.21 bits per heavy atom. The van der Waals surface area contributed by atoms with Crippen molar-refractivity contribution in [1.29, 1.82) is 0 Å². The third-order valence-electron chi connectivity index (χ3n) is 5.96. The number of likely N-dealkylation sites (N-methyl/N-ethyl adjacent to an activating group) is 2. The summed E-state index contributed by atoms with van der Waals surface area (Å²) in [6.45, 7) is 1.22. The number of carbonyl (C=O) groups is 3. The third-order valence-corrected chi connectivity index (χ3v) is 5.96. The second kappa shape index (κ2) is 6.70. The Morgan fingerprint density at radius 3 is 2.58 bits per heavy atom. The Bertz CT molecular complexity index is 530. The van der Waals surface area contributed by atoms with E-state index in [2.05, 4.69) is 5.32 Å². The van der Waals surface area contributed by atoms with Crippen LogP contribution in [0.15, 0.2) is 0 Å². The molecule has 7 nitrogen and oxygen atoms in total. The summed E-state index contributed by atoms with van der Waals surface area (Å²) >= 11 is 0. The molecule has 4 amide bonds. The van der Waals surface area contributed by atoms with Crippen LogP contribution in [0.1, 0.15) is 44.9 Å². The molecule has 2 saturated heterocycles. The Hall–Kier alpha value is -1.63. The summed E-state index contributed by atoms with van der Waals surface area (Å²) in [5, 5.41) is 3.20. The van der Waals surface area contributed by atoms with Gasteiger partial charge in [0.1, 0.15) is 12.1 Å². The lowest BCUT2D eigenvalue weighted by Crippen LogP contribution is -2.51. The molecule has 0 bridgehead atoms. The average molecular weight is 336 g/mol. The van der Waals surface area contributed by atoms with Gasteiger partial charge in [-0.2, -0.15) is 0 Å². The molecule has 3 aliphatic rings. The highest BCUT2D eigenvalue weighted by Gasteiger charge is 2.56. The minimum absolute atomic E-state index is 0.125. The van der Waals surface area contributed by atoms with Crippen molar-refractivity contribution in [2.24, 2.45) is 0 Å². The molecule has 0 aromatic rings. The van der Waals surface area contributed by atoms with Gasteiger partial charge < -0.3 is 15.1 Å². The van der Waals surface area contributed by atoms with E-state index in [1.165, 1.54) is 4.90 Å². The van der Waals surface area contributed by atoms with Crippen molar-refractivity contribution >= 4 is 17.8 Å². The van der Waals surface area contributed by atoms with Crippen molar-refractivity contribution in [2.75, 3.05) is 33.7 Å². The number of urea groups is 1. The molecule has 1 N–H and O–H groups in total. The molecule has 1 atom stereocenters. The molecule has 1 unspecified atom stereocenters. The molecule has 0 aromatic heterocycles. The highest BCUT2D eigenvalue weighted by molar-refractivity contribution is 6.08. The number of nitrogens with zero attached hydrogens (tertiary/aromatic N) is 3. The summed E-state index contributed by atoms with van der Waals surface area (Å²) in [5.74, 6) is -0.303. The smallest absolute Gasteiger partial charge is 0.327 e. The van der Waals surface area contributed by atoms with Crippen LogP contribution in [-0.2, 0) is 9.59 Å². The standard InChI is InChI=1S/C17H28N4O3/c1-18-13-7-6-10-20(11-13)14(22)12-21-15(23)17(19(2)16(21)24)8-4-3-5-9-17/h13,18H,3-12H2,1-2H3. The lowest BCUT2D eigenvalue weighted by molar-refractivity contribution is -0.141. The van der Waals surface area contributed by atoms with Gasteiger partial charge in [0, 0.05) is 26.2 Å². The molecule has 2 heterocycles. The number of amides is 4. The van der Waals surface area contributed by atoms with E-state index in [1.807, 2.05) is 7.05 Å². The van der Waals surface area contributed by atoms with Gasteiger partial charge in [-0.05, 0) is 32.7 Å². The first-order chi connectivity index (χ1) is 11.5. The van der Waals surface area contributed by atoms with Gasteiger partial charge in [0.2, 0.25) is 5.91 Å². The van der Waals surface area contributed by atoms with Gasteiger partial charge in [0.05, 0.1) is 0 Å². The zero-order valence-electron chi connectivity index (χ0n) is 14.7. The van der Waals surface area contributed by atoms with E-state index in [4.69, 9.17) is 0 Å². The van der Waals surface area contributed by atoms with Crippen LogP contribution in [0.4, 0.5) is 4.79 Å². The second-order valence-corrected chi connectivity index (χ2v) is 7.29. The van der Waals surface area contributed by atoms with Crippen molar-refractivity contribution < 1.29 is 14.4 Å². The molecular weight excluding hydrogens is 308 g/mol. The summed E-state index contributed by atoms with van der Waals surface area (Å²) in [7, 11) is 3.60. The van der Waals surface area contributed by atoms with Crippen LogP contribution < -0.4 is 5.32 Å². The summed E-state index contributed by atoms with van der Waals surface area (Å²) in [6, 6.07) is -0.0301. The SMILES string of the molecule is CNC1CCCN(C(=O)CN2C(=O)N(C)C3(CCCCC3)C2=O)C1. The lowest BCUT2D eigenvalue weighted by atomic mass is 9.81. The van der Waals surface area contributed by atoms with Crippen molar-refractivity contribution in [3.63, 3.8) is 0 Å². The van der Waals surface area contributed by atoms with E-state index in [9.17, 15) is 14.4 Å². The van der Waals surface area contributed by atoms with Crippen LogP contribution in [0.25, 0.3) is 0 Å². The fraction of sp³-hybridized carbons (Fsp3) is 0.824. The highest BCUT2D eigenvalue weighted by atomic mass is 16.2. The first kappa shape index (κ1) is 17.2. The van der Waals surface area contributed by atoms with E-state index in [-0.39, 0.29) is 24.4 Å². The largest absolute Gasteiger partial charge is 0.340 e. The molecule has 134 valence electrons. The number of imide groups is 1. The maximum absolute atomic E-state index is 12.9. The number of carbonyl (C=O) groups excluding carboxylic acids is 3. The maximum Gasteiger partial charge on any atom is 0.327 e. The zero-order valence-corrected chi connectivity index (χ0v) is 14.7. The van der Waals surface area contributed by atoms with Crippen molar-refractivity contribution in [2.45, 2.75) is 56.5 Å². The molecule has 2 aliphatic heterocycles. The monoisotopic (exact) mass is 336 g/mol. The Morgan fingerprint density at radius 2 is 1.92 bits per heavy atom. The molecule has 0 radical (unpaired) electrons. The van der Waals surface area contributed by atoms with Gasteiger partial charge in [0.25, 0.3) is 5.91 Å². The summed E-state index contributed by atoms with van der Waals surface area (Å²) in [6.07, 6.45) is 6.45. The first-order valence-corrected chi connectivity index (χ1v) is 9.04. The highest BCUT2D eigenvalue weighted by Crippen LogP contribution is 2.39. The van der Waals surface area contributed by atoms with E-state index in [0.29, 0.717) is 32.0 Å². The van der Waals surface area contributed by atoms with Crippen LogP contribution in [0.5, 0.6) is 0 Å². The molecule has 7 heteroatoms. The normalized spacial score (nSPS) is 27.2. The maximum atomic E-state index is 12.9. The van der Waals surface area contributed by atoms with Gasteiger partial charge in [-0.1, -0.05) is 19.3 Å². The van der Waals surface area contributed by atoms with Gasteiger partial charge in [0.15, 0.2) is 0 Å². The van der Waals surface area contributed by atoms with Gasteiger partial charge in [-0.15, -0.1) is 0 Å². The minimum Gasteiger partial charge on any atom is -0.340 e. The van der Waals surface area contributed by atoms with Gasteiger partial charge >= 0.3 is 6.03 Å². The van der Waals surface area contributed by atoms with E-state index >= 15 is 0 Å². The number of nitrogens with one attached hydrogen (secondary N) is 1. The predicted molar refractivity (Wildman–Crippen MR) is 89.3 cm³/mol. The summed E-state index contributed by atoms with van der Waals surface area (Å²) < 4.78 is 0. The van der Waals surface area contributed by atoms with E-state index in [0.717, 1.165) is 32.1 Å². The van der Waals surface area contributed by atoms with E-state index in [1.54, 1.807) is 16.8 Å². The number of rotatable bonds is 3. The lowest BCUT2D eigenvalue weighted by Gasteiger charge is -2.36. The molecule has 24 heavy (non-hydrogen) atoms. The fourth-order valence-corrected chi connectivity index (χ4v) is 4.35. The molecule has 1 aliphatic carbocycles. The zero-order chi connectivity index (χ0) is 17.3. The average Bonchev–Trinajstić information content (AvgIpc) is 2.79. The van der Waals surface area contributed by atoms with Gasteiger partial charge in [-0.25, -0.2) is 4.79 Å². The summed E-state index contributed by atoms with van der Waals surface area (Å²) in [5.41, 5.74) is -0.703. The quantitative estimate of drug-likeness (QED) is 0.774. The fourth-order valence-electron chi connectivity index (χ4n) is 4.35. The number of likely N-dealkylation sites (tertiary alicyclic amines) is 1. The number of piperidine rings is 1. The molecule has 1 spiro atoms. The molecule has 0 aromatic carbocycles. The Kier molecular flexibility index (Phi) is 4.80.